The first-order valence-corrected chi connectivity index (χ1v) is 14.0. The summed E-state index contributed by atoms with van der Waals surface area (Å²) in [5, 5.41) is 0. The molecule has 3 aromatic rings. The van der Waals surface area contributed by atoms with Gasteiger partial charge in [-0.25, -0.2) is 0 Å². The minimum Gasteiger partial charge on any atom is -0.380 e. The number of hydrogen-bond donors (Lipinski definition) is 0. The van der Waals surface area contributed by atoms with Crippen molar-refractivity contribution < 1.29 is 14.3 Å². The van der Waals surface area contributed by atoms with Gasteiger partial charge in [0, 0.05) is 60.5 Å². The number of hydrogen-bond acceptors (Lipinski definition) is 5. The standard InChI is InChI=1S/C33H42N2O3/c1-5-37-23-21-34(29-14-7-25(3)8-15-29)30-16-10-27(11-17-30)33(36)28-12-18-31(19-13-28)35(22-24-38-6-2)32-20-9-26(32)4/h7-8,10-19,26,32H,5-6,9,20-24H2,1-4H3/t26-,32?/m0/s1. The van der Waals surface area contributed by atoms with Gasteiger partial charge in [0.25, 0.3) is 0 Å². The fourth-order valence-corrected chi connectivity index (χ4v) is 5.10. The molecule has 1 saturated carbocycles. The van der Waals surface area contributed by atoms with Crippen LogP contribution in [0.1, 0.15) is 55.1 Å². The van der Waals surface area contributed by atoms with Gasteiger partial charge in [-0.2, -0.15) is 0 Å². The second kappa shape index (κ2) is 13.6. The molecule has 3 aromatic carbocycles. The summed E-state index contributed by atoms with van der Waals surface area (Å²) >= 11 is 0. The molecule has 0 spiro atoms. The molecule has 0 aromatic heterocycles. The summed E-state index contributed by atoms with van der Waals surface area (Å²) in [5.74, 6) is 0.724. The van der Waals surface area contributed by atoms with Crippen molar-refractivity contribution in [3.63, 3.8) is 0 Å². The molecule has 0 saturated heterocycles. The molecule has 5 heteroatoms. The van der Waals surface area contributed by atoms with Gasteiger partial charge in [0.2, 0.25) is 0 Å². The Bertz CT molecular complexity index is 1140. The Morgan fingerprint density at radius 3 is 1.71 bits per heavy atom. The number of carbonyl (C=O) groups is 1. The van der Waals surface area contributed by atoms with E-state index in [0.29, 0.717) is 36.3 Å². The van der Waals surface area contributed by atoms with Crippen LogP contribution in [0.4, 0.5) is 17.1 Å². The molecule has 202 valence electrons. The average Bonchev–Trinajstić information content (AvgIpc) is 2.94. The second-order valence-corrected chi connectivity index (χ2v) is 10.1. The van der Waals surface area contributed by atoms with Crippen molar-refractivity contribution in [2.24, 2.45) is 5.92 Å². The van der Waals surface area contributed by atoms with Crippen LogP contribution in [-0.4, -0.2) is 51.3 Å². The Kier molecular flexibility index (Phi) is 9.97. The van der Waals surface area contributed by atoms with Crippen LogP contribution in [-0.2, 0) is 9.47 Å². The van der Waals surface area contributed by atoms with Gasteiger partial charge in [-0.1, -0.05) is 24.6 Å². The molecule has 0 N–H and O–H groups in total. The van der Waals surface area contributed by atoms with Gasteiger partial charge in [0.05, 0.1) is 13.2 Å². The van der Waals surface area contributed by atoms with Gasteiger partial charge in [-0.05, 0) is 100 Å². The number of ketones is 1. The zero-order valence-electron chi connectivity index (χ0n) is 23.4. The number of aryl methyl sites for hydroxylation is 1. The molecule has 2 atom stereocenters. The lowest BCUT2D eigenvalue weighted by atomic mass is 9.79. The topological polar surface area (TPSA) is 42.0 Å². The molecule has 4 rings (SSSR count). The SMILES string of the molecule is CCOCCN(c1ccc(C)cc1)c1ccc(C(=O)c2ccc(N(CCOCC)C3CC[C@@H]3C)cc2)cc1. The number of benzene rings is 3. The highest BCUT2D eigenvalue weighted by atomic mass is 16.5. The van der Waals surface area contributed by atoms with Gasteiger partial charge in [-0.15, -0.1) is 0 Å². The molecule has 0 radical (unpaired) electrons. The van der Waals surface area contributed by atoms with Gasteiger partial charge < -0.3 is 19.3 Å². The molecular weight excluding hydrogens is 472 g/mol. The fraction of sp³-hybridized carbons (Fsp3) is 0.424. The van der Waals surface area contributed by atoms with Crippen LogP contribution in [0.5, 0.6) is 0 Å². The Balaban J connectivity index is 1.48. The van der Waals surface area contributed by atoms with Gasteiger partial charge in [0.15, 0.2) is 5.78 Å². The summed E-state index contributed by atoms with van der Waals surface area (Å²) in [5.41, 5.74) is 5.94. The van der Waals surface area contributed by atoms with E-state index in [1.807, 2.05) is 50.2 Å². The number of anilines is 3. The summed E-state index contributed by atoms with van der Waals surface area (Å²) in [6.07, 6.45) is 2.49. The molecular formula is C33H42N2O3. The van der Waals surface area contributed by atoms with E-state index < -0.39 is 0 Å². The molecule has 0 heterocycles. The lowest BCUT2D eigenvalue weighted by Gasteiger charge is -2.44. The Labute approximate surface area is 228 Å². The van der Waals surface area contributed by atoms with Crippen molar-refractivity contribution >= 4 is 22.8 Å². The molecule has 38 heavy (non-hydrogen) atoms. The van der Waals surface area contributed by atoms with Crippen molar-refractivity contribution in [1.82, 2.24) is 0 Å². The van der Waals surface area contributed by atoms with Crippen LogP contribution >= 0.6 is 0 Å². The first-order valence-electron chi connectivity index (χ1n) is 14.0. The van der Waals surface area contributed by atoms with Crippen molar-refractivity contribution in [1.29, 1.82) is 0 Å². The van der Waals surface area contributed by atoms with Gasteiger partial charge in [0.1, 0.15) is 0 Å². The summed E-state index contributed by atoms with van der Waals surface area (Å²) in [6, 6.07) is 25.1. The first kappa shape index (κ1) is 27.9. The predicted octanol–water partition coefficient (Wildman–Crippen LogP) is 7.04. The fourth-order valence-electron chi connectivity index (χ4n) is 5.10. The minimum absolute atomic E-state index is 0.0391. The number of ether oxygens (including phenoxy) is 2. The third kappa shape index (κ3) is 6.83. The molecule has 5 nitrogen and oxygen atoms in total. The molecule has 1 aliphatic rings. The van der Waals surface area contributed by atoms with Crippen LogP contribution < -0.4 is 9.80 Å². The highest BCUT2D eigenvalue weighted by Crippen LogP contribution is 2.35. The van der Waals surface area contributed by atoms with E-state index in [2.05, 4.69) is 60.0 Å². The van der Waals surface area contributed by atoms with E-state index in [1.165, 1.54) is 18.4 Å². The Morgan fingerprint density at radius 1 is 0.737 bits per heavy atom. The van der Waals surface area contributed by atoms with Crippen molar-refractivity contribution in [2.75, 3.05) is 49.3 Å². The first-order chi connectivity index (χ1) is 18.5. The number of nitrogens with zero attached hydrogens (tertiary/aromatic N) is 2. The predicted molar refractivity (Wildman–Crippen MR) is 157 cm³/mol. The highest BCUT2D eigenvalue weighted by Gasteiger charge is 2.32. The lowest BCUT2D eigenvalue weighted by Crippen LogP contribution is -2.47. The minimum atomic E-state index is 0.0391. The average molecular weight is 515 g/mol. The molecule has 0 aliphatic heterocycles. The van der Waals surface area contributed by atoms with Crippen LogP contribution in [0.3, 0.4) is 0 Å². The lowest BCUT2D eigenvalue weighted by molar-refractivity contribution is 0.103. The molecule has 0 bridgehead atoms. The zero-order chi connectivity index (χ0) is 26.9. The molecule has 0 amide bonds. The Hall–Kier alpha value is -3.15. The molecule has 1 unspecified atom stereocenters. The zero-order valence-corrected chi connectivity index (χ0v) is 23.4. The molecule has 1 fully saturated rings. The quantitative estimate of drug-likeness (QED) is 0.170. The maximum absolute atomic E-state index is 13.3. The third-order valence-electron chi connectivity index (χ3n) is 7.57. The van der Waals surface area contributed by atoms with Gasteiger partial charge >= 0.3 is 0 Å². The van der Waals surface area contributed by atoms with E-state index in [-0.39, 0.29) is 5.78 Å². The number of carbonyl (C=O) groups excluding carboxylic acids is 1. The van der Waals surface area contributed by atoms with Crippen molar-refractivity contribution in [3.05, 3.63) is 89.5 Å². The third-order valence-corrected chi connectivity index (χ3v) is 7.57. The van der Waals surface area contributed by atoms with E-state index >= 15 is 0 Å². The smallest absolute Gasteiger partial charge is 0.193 e. The maximum Gasteiger partial charge on any atom is 0.193 e. The van der Waals surface area contributed by atoms with E-state index in [9.17, 15) is 4.79 Å². The monoisotopic (exact) mass is 514 g/mol. The molecule has 1 aliphatic carbocycles. The van der Waals surface area contributed by atoms with Gasteiger partial charge in [-0.3, -0.25) is 4.79 Å². The van der Waals surface area contributed by atoms with Crippen LogP contribution in [0, 0.1) is 12.8 Å². The maximum atomic E-state index is 13.3. The summed E-state index contributed by atoms with van der Waals surface area (Å²) in [6.45, 7) is 12.8. The Morgan fingerprint density at radius 2 is 1.24 bits per heavy atom. The van der Waals surface area contributed by atoms with E-state index in [4.69, 9.17) is 9.47 Å². The van der Waals surface area contributed by atoms with Crippen LogP contribution in [0.25, 0.3) is 0 Å². The number of rotatable bonds is 14. The normalized spacial score (nSPS) is 16.6. The summed E-state index contributed by atoms with van der Waals surface area (Å²) < 4.78 is 11.3. The van der Waals surface area contributed by atoms with Crippen LogP contribution in [0.2, 0.25) is 0 Å². The van der Waals surface area contributed by atoms with Crippen molar-refractivity contribution in [2.45, 2.75) is 46.6 Å². The summed E-state index contributed by atoms with van der Waals surface area (Å²) in [4.78, 5) is 18.0. The highest BCUT2D eigenvalue weighted by molar-refractivity contribution is 6.09. The summed E-state index contributed by atoms with van der Waals surface area (Å²) in [7, 11) is 0. The van der Waals surface area contributed by atoms with Crippen LogP contribution in [0.15, 0.2) is 72.8 Å². The van der Waals surface area contributed by atoms with E-state index in [1.54, 1.807) is 0 Å². The van der Waals surface area contributed by atoms with Crippen molar-refractivity contribution in [3.8, 4) is 0 Å². The van der Waals surface area contributed by atoms with E-state index in [0.717, 1.165) is 43.4 Å². The largest absolute Gasteiger partial charge is 0.380 e. The second-order valence-electron chi connectivity index (χ2n) is 10.1.